The molecule has 0 aliphatic rings. The predicted octanol–water partition coefficient (Wildman–Crippen LogP) is 3.51. The first kappa shape index (κ1) is 19.3. The minimum Gasteiger partial charge on any atom is -0.354 e. The average molecular weight is 425 g/mol. The van der Waals surface area contributed by atoms with Crippen LogP contribution >= 0.6 is 22.9 Å². The molecule has 0 bridgehead atoms. The first-order valence-electron chi connectivity index (χ1n) is 8.95. The molecule has 2 aromatic heterocycles. The molecule has 1 amide bonds. The molecule has 0 fully saturated rings. The summed E-state index contributed by atoms with van der Waals surface area (Å²) in [4.78, 5) is 29.7. The van der Waals surface area contributed by atoms with Crippen LogP contribution in [0, 0.1) is 0 Å². The maximum absolute atomic E-state index is 12.9. The number of halogens is 1. The molecule has 0 saturated carbocycles. The van der Waals surface area contributed by atoms with Crippen molar-refractivity contribution >= 4 is 39.6 Å². The fraction of sp³-hybridized carbons (Fsp3) is 0.143. The molecule has 8 heteroatoms. The van der Waals surface area contributed by atoms with E-state index in [1.807, 2.05) is 29.6 Å². The van der Waals surface area contributed by atoms with E-state index in [0.29, 0.717) is 22.2 Å². The second-order valence-corrected chi connectivity index (χ2v) is 7.85. The van der Waals surface area contributed by atoms with E-state index < -0.39 is 0 Å². The lowest BCUT2D eigenvalue weighted by molar-refractivity contribution is 0.0957. The number of aromatic nitrogens is 3. The second-order valence-electron chi connectivity index (χ2n) is 6.47. The van der Waals surface area contributed by atoms with Crippen LogP contribution in [0.3, 0.4) is 0 Å². The Bertz CT molecular complexity index is 1250. The van der Waals surface area contributed by atoms with Crippen molar-refractivity contribution in [3.8, 4) is 0 Å². The fourth-order valence-corrected chi connectivity index (χ4v) is 4.01. The Morgan fingerprint density at radius 2 is 1.86 bits per heavy atom. The van der Waals surface area contributed by atoms with Crippen LogP contribution in [0.25, 0.3) is 10.8 Å². The quantitative estimate of drug-likeness (QED) is 0.532. The fourth-order valence-electron chi connectivity index (χ4n) is 3.06. The number of thiazole rings is 1. The maximum Gasteiger partial charge on any atom is 0.275 e. The van der Waals surface area contributed by atoms with E-state index >= 15 is 0 Å². The first-order chi connectivity index (χ1) is 14.0. The topological polar surface area (TPSA) is 76.9 Å². The van der Waals surface area contributed by atoms with Crippen molar-refractivity contribution in [2.45, 2.75) is 13.0 Å². The zero-order valence-corrected chi connectivity index (χ0v) is 17.1. The van der Waals surface area contributed by atoms with Crippen LogP contribution in [0.1, 0.15) is 26.8 Å². The molecular weight excluding hydrogens is 408 g/mol. The molecule has 2 heterocycles. The zero-order valence-electron chi connectivity index (χ0n) is 15.6. The van der Waals surface area contributed by atoms with Gasteiger partial charge in [0.2, 0.25) is 0 Å². The lowest BCUT2D eigenvalue weighted by atomic mass is 10.1. The predicted molar refractivity (Wildman–Crippen MR) is 115 cm³/mol. The van der Waals surface area contributed by atoms with Crippen molar-refractivity contribution in [3.05, 3.63) is 91.2 Å². The third-order valence-electron chi connectivity index (χ3n) is 4.49. The molecule has 0 aliphatic heterocycles. The highest BCUT2D eigenvalue weighted by atomic mass is 35.5. The van der Waals surface area contributed by atoms with Gasteiger partial charge in [-0.25, -0.2) is 9.67 Å². The number of benzene rings is 2. The maximum atomic E-state index is 12.9. The number of rotatable bonds is 5. The number of carbonyl (C=O) groups is 1. The summed E-state index contributed by atoms with van der Waals surface area (Å²) in [6.07, 6.45) is 0.686. The minimum absolute atomic E-state index is 0.199. The van der Waals surface area contributed by atoms with Gasteiger partial charge in [0.25, 0.3) is 11.5 Å². The Labute approximate surface area is 175 Å². The van der Waals surface area contributed by atoms with Gasteiger partial charge in [0.15, 0.2) is 5.69 Å². The molecule has 29 heavy (non-hydrogen) atoms. The van der Waals surface area contributed by atoms with Gasteiger partial charge in [0.1, 0.15) is 0 Å². The van der Waals surface area contributed by atoms with Crippen molar-refractivity contribution in [2.24, 2.45) is 0 Å². The summed E-state index contributed by atoms with van der Waals surface area (Å²) < 4.78 is 1.30. The Morgan fingerprint density at radius 3 is 2.59 bits per heavy atom. The molecular formula is C21H17ClN4O2S. The van der Waals surface area contributed by atoms with Crippen LogP contribution in [0.5, 0.6) is 0 Å². The summed E-state index contributed by atoms with van der Waals surface area (Å²) in [5, 5.41) is 11.4. The molecule has 146 valence electrons. The Balaban J connectivity index is 1.65. The highest BCUT2D eigenvalue weighted by Gasteiger charge is 2.16. The van der Waals surface area contributed by atoms with Gasteiger partial charge in [0.05, 0.1) is 22.6 Å². The van der Waals surface area contributed by atoms with Crippen LogP contribution in [0.2, 0.25) is 5.02 Å². The molecule has 1 N–H and O–H groups in total. The molecule has 0 unspecified atom stereocenters. The van der Waals surface area contributed by atoms with Gasteiger partial charge in [-0.15, -0.1) is 11.3 Å². The second kappa shape index (κ2) is 8.14. The lowest BCUT2D eigenvalue weighted by Gasteiger charge is -2.09. The third kappa shape index (κ3) is 4.06. The van der Waals surface area contributed by atoms with Gasteiger partial charge in [-0.05, 0) is 23.8 Å². The number of nitrogens with zero attached hydrogens (tertiary/aromatic N) is 3. The van der Waals surface area contributed by atoms with Crippen LogP contribution in [0.15, 0.2) is 58.7 Å². The SMILES string of the molecule is CNC(=O)c1nn(Cc2csc(Cc3ccc(Cl)cc3)n2)c(=O)c2ccccc12. The van der Waals surface area contributed by atoms with Gasteiger partial charge in [0, 0.05) is 29.3 Å². The standard InChI is InChI=1S/C21H17ClN4O2S/c1-23-20(27)19-16-4-2-3-5-17(16)21(28)26(25-19)11-15-12-29-18(24-15)10-13-6-8-14(22)9-7-13/h2-9,12H,10-11H2,1H3,(H,23,27). The molecule has 0 aliphatic carbocycles. The number of hydrogen-bond donors (Lipinski definition) is 1. The molecule has 0 radical (unpaired) electrons. The molecule has 4 aromatic rings. The summed E-state index contributed by atoms with van der Waals surface area (Å²) in [5.41, 5.74) is 1.81. The van der Waals surface area contributed by atoms with Gasteiger partial charge in [-0.1, -0.05) is 41.9 Å². The van der Waals surface area contributed by atoms with E-state index in [2.05, 4.69) is 15.4 Å². The molecule has 6 nitrogen and oxygen atoms in total. The number of amides is 1. The Morgan fingerprint density at radius 1 is 1.14 bits per heavy atom. The van der Waals surface area contributed by atoms with Crippen molar-refractivity contribution in [1.29, 1.82) is 0 Å². The smallest absolute Gasteiger partial charge is 0.275 e. The van der Waals surface area contributed by atoms with Crippen molar-refractivity contribution < 1.29 is 4.79 Å². The highest BCUT2D eigenvalue weighted by Crippen LogP contribution is 2.18. The van der Waals surface area contributed by atoms with Gasteiger partial charge in [-0.3, -0.25) is 9.59 Å². The molecule has 0 atom stereocenters. The van der Waals surface area contributed by atoms with Gasteiger partial charge < -0.3 is 5.32 Å². The lowest BCUT2D eigenvalue weighted by Crippen LogP contribution is -2.29. The molecule has 4 rings (SSSR count). The van der Waals surface area contributed by atoms with Crippen molar-refractivity contribution in [2.75, 3.05) is 7.05 Å². The Hall–Kier alpha value is -3.03. The van der Waals surface area contributed by atoms with Crippen LogP contribution in [-0.4, -0.2) is 27.7 Å². The summed E-state index contributed by atoms with van der Waals surface area (Å²) in [6, 6.07) is 14.6. The monoisotopic (exact) mass is 424 g/mol. The van der Waals surface area contributed by atoms with Gasteiger partial charge >= 0.3 is 0 Å². The summed E-state index contributed by atoms with van der Waals surface area (Å²) >= 11 is 7.46. The molecule has 0 spiro atoms. The third-order valence-corrected chi connectivity index (χ3v) is 5.64. The first-order valence-corrected chi connectivity index (χ1v) is 10.2. The average Bonchev–Trinajstić information content (AvgIpc) is 3.18. The number of nitrogens with one attached hydrogen (secondary N) is 1. The van der Waals surface area contributed by atoms with E-state index in [1.165, 1.54) is 23.1 Å². The largest absolute Gasteiger partial charge is 0.354 e. The van der Waals surface area contributed by atoms with E-state index in [0.717, 1.165) is 16.3 Å². The molecule has 0 saturated heterocycles. The van der Waals surface area contributed by atoms with E-state index in [9.17, 15) is 9.59 Å². The van der Waals surface area contributed by atoms with E-state index in [4.69, 9.17) is 11.6 Å². The number of hydrogen-bond acceptors (Lipinski definition) is 5. The van der Waals surface area contributed by atoms with Crippen molar-refractivity contribution in [3.63, 3.8) is 0 Å². The van der Waals surface area contributed by atoms with Crippen molar-refractivity contribution in [1.82, 2.24) is 20.1 Å². The summed E-state index contributed by atoms with van der Waals surface area (Å²) in [7, 11) is 1.54. The number of fused-ring (bicyclic) bond motifs is 1. The van der Waals surface area contributed by atoms with E-state index in [-0.39, 0.29) is 23.7 Å². The Kier molecular flexibility index (Phi) is 5.42. The van der Waals surface area contributed by atoms with Crippen LogP contribution < -0.4 is 10.9 Å². The number of carbonyl (C=O) groups excluding carboxylic acids is 1. The minimum atomic E-state index is -0.336. The normalized spacial score (nSPS) is 11.0. The van der Waals surface area contributed by atoms with E-state index in [1.54, 1.807) is 24.3 Å². The summed E-state index contributed by atoms with van der Waals surface area (Å²) in [6.45, 7) is 0.199. The van der Waals surface area contributed by atoms with Crippen LogP contribution in [-0.2, 0) is 13.0 Å². The highest BCUT2D eigenvalue weighted by molar-refractivity contribution is 7.09. The molecule has 2 aromatic carbocycles. The van der Waals surface area contributed by atoms with Gasteiger partial charge in [-0.2, -0.15) is 5.10 Å². The van der Waals surface area contributed by atoms with Crippen LogP contribution in [0.4, 0.5) is 0 Å². The zero-order chi connectivity index (χ0) is 20.4. The summed E-state index contributed by atoms with van der Waals surface area (Å²) in [5.74, 6) is -0.336.